The van der Waals surface area contributed by atoms with E-state index in [1.807, 2.05) is 11.0 Å². The molecule has 3 rings (SSSR count). The summed E-state index contributed by atoms with van der Waals surface area (Å²) in [5, 5.41) is 0. The minimum Gasteiger partial charge on any atom is -0.493 e. The minimum absolute atomic E-state index is 0.110. The first-order valence-corrected chi connectivity index (χ1v) is 12.3. The predicted octanol–water partition coefficient (Wildman–Crippen LogP) is 4.29. The Labute approximate surface area is 210 Å². The smallest absolute Gasteiger partial charge is 0.226 e. The van der Waals surface area contributed by atoms with Gasteiger partial charge in [0.15, 0.2) is 23.0 Å². The summed E-state index contributed by atoms with van der Waals surface area (Å²) in [7, 11) is 8.74. The molecule has 0 fully saturated rings. The highest BCUT2D eigenvalue weighted by Gasteiger charge is 2.29. The van der Waals surface area contributed by atoms with Crippen molar-refractivity contribution < 1.29 is 23.7 Å². The second-order valence-corrected chi connectivity index (χ2v) is 9.27. The number of carbonyl (C=O) groups excluding carboxylic acids is 1. The highest BCUT2D eigenvalue weighted by Crippen LogP contribution is 2.42. The van der Waals surface area contributed by atoms with Crippen LogP contribution in [0, 0.1) is 0 Å². The Hall–Kier alpha value is -2.93. The highest BCUT2D eigenvalue weighted by molar-refractivity contribution is 5.79. The average molecular weight is 485 g/mol. The van der Waals surface area contributed by atoms with Gasteiger partial charge in [-0.25, -0.2) is 0 Å². The Morgan fingerprint density at radius 2 is 1.77 bits per heavy atom. The monoisotopic (exact) mass is 484 g/mol. The zero-order valence-corrected chi connectivity index (χ0v) is 21.9. The van der Waals surface area contributed by atoms with Crippen molar-refractivity contribution >= 4 is 5.91 Å². The number of hydrogen-bond acceptors (Lipinski definition) is 6. The Bertz CT molecular complexity index is 968. The summed E-state index contributed by atoms with van der Waals surface area (Å²) >= 11 is 0. The van der Waals surface area contributed by atoms with Gasteiger partial charge in [0, 0.05) is 25.6 Å². The van der Waals surface area contributed by atoms with Crippen LogP contribution in [0.1, 0.15) is 42.7 Å². The normalized spacial score (nSPS) is 21.7. The first-order chi connectivity index (χ1) is 16.9. The third kappa shape index (κ3) is 6.82. The van der Waals surface area contributed by atoms with E-state index in [0.717, 1.165) is 68.9 Å². The maximum Gasteiger partial charge on any atom is 0.226 e. The van der Waals surface area contributed by atoms with E-state index in [4.69, 9.17) is 18.9 Å². The lowest BCUT2D eigenvalue weighted by Crippen LogP contribution is -2.36. The molecule has 7 heteroatoms. The molecule has 1 aromatic rings. The third-order valence-corrected chi connectivity index (χ3v) is 6.76. The van der Waals surface area contributed by atoms with E-state index in [-0.39, 0.29) is 12.3 Å². The molecule has 0 bridgehead atoms. The number of nitrogens with zero attached hydrogens (tertiary/aromatic N) is 2. The number of hydrogen-bond donors (Lipinski definition) is 0. The molecule has 7 nitrogen and oxygen atoms in total. The van der Waals surface area contributed by atoms with Gasteiger partial charge in [-0.1, -0.05) is 6.58 Å². The SMILES string of the molecule is C=C1/C=C(OC)\C(OC)=C/CCCN(CCCN(C)C[C@H]2Cc3cc(OC)c(OC)cc32)C(=O)C1. The molecule has 1 heterocycles. The van der Waals surface area contributed by atoms with Gasteiger partial charge in [0.05, 0.1) is 34.9 Å². The second kappa shape index (κ2) is 12.7. The van der Waals surface area contributed by atoms with Gasteiger partial charge in [-0.05, 0) is 80.3 Å². The Kier molecular flexibility index (Phi) is 9.66. The molecule has 2 aliphatic rings. The maximum atomic E-state index is 13.0. The molecule has 1 aliphatic heterocycles. The van der Waals surface area contributed by atoms with Crippen LogP contribution in [0.5, 0.6) is 11.5 Å². The van der Waals surface area contributed by atoms with Gasteiger partial charge in [0.2, 0.25) is 5.91 Å². The average Bonchev–Trinajstić information content (AvgIpc) is 2.86. The van der Waals surface area contributed by atoms with E-state index in [2.05, 4.69) is 30.7 Å². The first-order valence-electron chi connectivity index (χ1n) is 12.3. The summed E-state index contributed by atoms with van der Waals surface area (Å²) in [4.78, 5) is 17.3. The van der Waals surface area contributed by atoms with Crippen LogP contribution in [0.3, 0.4) is 0 Å². The topological polar surface area (TPSA) is 60.5 Å². The Morgan fingerprint density at radius 1 is 1.06 bits per heavy atom. The summed E-state index contributed by atoms with van der Waals surface area (Å²) in [6.45, 7) is 7.45. The summed E-state index contributed by atoms with van der Waals surface area (Å²) in [6, 6.07) is 4.21. The molecule has 0 spiro atoms. The van der Waals surface area contributed by atoms with Crippen LogP contribution in [-0.2, 0) is 20.7 Å². The van der Waals surface area contributed by atoms with Gasteiger partial charge in [0.1, 0.15) is 0 Å². The Balaban J connectivity index is 1.52. The molecular weight excluding hydrogens is 444 g/mol. The van der Waals surface area contributed by atoms with E-state index in [1.165, 1.54) is 11.1 Å². The summed E-state index contributed by atoms with van der Waals surface area (Å²) in [5.74, 6) is 3.49. The van der Waals surface area contributed by atoms with Crippen molar-refractivity contribution in [2.45, 2.75) is 38.0 Å². The summed E-state index contributed by atoms with van der Waals surface area (Å²) in [6.07, 6.45) is 7.78. The first kappa shape index (κ1) is 26.7. The van der Waals surface area contributed by atoms with Crippen molar-refractivity contribution in [1.29, 1.82) is 0 Å². The van der Waals surface area contributed by atoms with Crippen LogP contribution in [0.4, 0.5) is 0 Å². The minimum atomic E-state index is 0.110. The van der Waals surface area contributed by atoms with Crippen molar-refractivity contribution in [1.82, 2.24) is 9.80 Å². The number of fused-ring (bicyclic) bond motifs is 1. The van der Waals surface area contributed by atoms with Gasteiger partial charge in [-0.3, -0.25) is 4.79 Å². The third-order valence-electron chi connectivity index (χ3n) is 6.76. The largest absolute Gasteiger partial charge is 0.493 e. The van der Waals surface area contributed by atoms with Gasteiger partial charge in [0.25, 0.3) is 0 Å². The number of rotatable bonds is 10. The van der Waals surface area contributed by atoms with Crippen molar-refractivity contribution in [3.63, 3.8) is 0 Å². The van der Waals surface area contributed by atoms with Crippen molar-refractivity contribution in [3.05, 3.63) is 59.1 Å². The molecule has 0 N–H and O–H groups in total. The lowest BCUT2D eigenvalue weighted by molar-refractivity contribution is -0.130. The molecule has 0 saturated heterocycles. The Morgan fingerprint density at radius 3 is 2.46 bits per heavy atom. The quantitative estimate of drug-likeness (QED) is 0.494. The molecular formula is C28H40N2O5. The van der Waals surface area contributed by atoms with Gasteiger partial charge < -0.3 is 28.7 Å². The molecule has 35 heavy (non-hydrogen) atoms. The van der Waals surface area contributed by atoms with E-state index < -0.39 is 0 Å². The number of benzene rings is 1. The molecule has 1 aromatic carbocycles. The summed E-state index contributed by atoms with van der Waals surface area (Å²) < 4.78 is 21.8. The van der Waals surface area contributed by atoms with E-state index >= 15 is 0 Å². The molecule has 192 valence electrons. The van der Waals surface area contributed by atoms with E-state index in [1.54, 1.807) is 34.5 Å². The molecule has 1 aliphatic carbocycles. The zero-order valence-electron chi connectivity index (χ0n) is 21.9. The van der Waals surface area contributed by atoms with Crippen molar-refractivity contribution in [3.8, 4) is 11.5 Å². The van der Waals surface area contributed by atoms with Crippen LogP contribution in [0.25, 0.3) is 0 Å². The number of methoxy groups -OCH3 is 4. The van der Waals surface area contributed by atoms with E-state index in [9.17, 15) is 4.79 Å². The maximum absolute atomic E-state index is 13.0. The van der Waals surface area contributed by atoms with Crippen molar-refractivity contribution in [2.75, 3.05) is 61.7 Å². The lowest BCUT2D eigenvalue weighted by atomic mass is 9.77. The predicted molar refractivity (Wildman–Crippen MR) is 138 cm³/mol. The fraction of sp³-hybridized carbons (Fsp3) is 0.536. The van der Waals surface area contributed by atoms with Crippen LogP contribution in [0.2, 0.25) is 0 Å². The number of likely N-dealkylation sites (N-methyl/N-ethyl adjacent to an activating group) is 1. The molecule has 0 unspecified atom stereocenters. The molecule has 0 radical (unpaired) electrons. The number of ether oxygens (including phenoxy) is 4. The van der Waals surface area contributed by atoms with Gasteiger partial charge >= 0.3 is 0 Å². The molecule has 0 aromatic heterocycles. The standard InChI is InChI=1S/C28H40N2O5/c1-20-14-25(33-4)24(32-3)10-7-8-12-30(28(31)15-20)13-9-11-29(2)19-22-16-21-17-26(34-5)27(35-6)18-23(21)22/h10,14,17-18,22H,1,7-9,11-13,15-16,19H2,2-6H3/b24-10+,25-14+/t22-/m1/s1. The second-order valence-electron chi connectivity index (χ2n) is 9.27. The number of allylic oxidation sites excluding steroid dienone is 2. The molecule has 1 atom stereocenters. The van der Waals surface area contributed by atoms with Crippen LogP contribution >= 0.6 is 0 Å². The molecule has 0 saturated carbocycles. The van der Waals surface area contributed by atoms with Gasteiger partial charge in [-0.15, -0.1) is 0 Å². The van der Waals surface area contributed by atoms with Crippen LogP contribution < -0.4 is 9.47 Å². The lowest BCUT2D eigenvalue weighted by Gasteiger charge is -2.34. The number of amides is 1. The fourth-order valence-corrected chi connectivity index (χ4v) is 4.83. The van der Waals surface area contributed by atoms with Crippen LogP contribution in [-0.4, -0.2) is 77.4 Å². The fourth-order valence-electron chi connectivity index (χ4n) is 4.83. The van der Waals surface area contributed by atoms with E-state index in [0.29, 0.717) is 17.4 Å². The summed E-state index contributed by atoms with van der Waals surface area (Å²) in [5.41, 5.74) is 3.41. The highest BCUT2D eigenvalue weighted by atomic mass is 16.5. The van der Waals surface area contributed by atoms with Gasteiger partial charge in [-0.2, -0.15) is 0 Å². The molecule has 1 amide bonds. The van der Waals surface area contributed by atoms with Crippen molar-refractivity contribution in [2.24, 2.45) is 0 Å². The number of carbonyl (C=O) groups is 1. The zero-order chi connectivity index (χ0) is 25.4. The van der Waals surface area contributed by atoms with Crippen LogP contribution in [0.15, 0.2) is 48.0 Å².